The second-order valence-corrected chi connectivity index (χ2v) is 5.91. The number of carbonyl (C=O) groups is 2. The molecular weight excluding hydrogens is 319 g/mol. The minimum Gasteiger partial charge on any atom is -0.349 e. The fourth-order valence-corrected chi connectivity index (χ4v) is 2.72. The normalized spacial score (nSPS) is 11.6. The van der Waals surface area contributed by atoms with Crippen LogP contribution in [-0.4, -0.2) is 23.3 Å². The lowest BCUT2D eigenvalue weighted by molar-refractivity contribution is -0.132. The molecule has 0 aromatic heterocycles. The Bertz CT molecular complexity index is 719. The average Bonchev–Trinajstić information content (AvgIpc) is 2.59. The second-order valence-electron chi connectivity index (χ2n) is 5.91. The van der Waals surface area contributed by atoms with E-state index in [0.717, 1.165) is 11.1 Å². The number of nitrogens with zero attached hydrogens (tertiary/aromatic N) is 1. The van der Waals surface area contributed by atoms with Gasteiger partial charge in [-0.25, -0.2) is 4.39 Å². The molecule has 2 aromatic carbocycles. The first-order valence-corrected chi connectivity index (χ1v) is 8.34. The summed E-state index contributed by atoms with van der Waals surface area (Å²) in [5.74, 6) is -0.592. The summed E-state index contributed by atoms with van der Waals surface area (Å²) in [5, 5.41) is 2.83. The first-order valence-electron chi connectivity index (χ1n) is 8.34. The van der Waals surface area contributed by atoms with Gasteiger partial charge >= 0.3 is 0 Å². The van der Waals surface area contributed by atoms with E-state index >= 15 is 0 Å². The number of halogens is 1. The van der Waals surface area contributed by atoms with Crippen LogP contribution in [0.15, 0.2) is 54.6 Å². The third-order valence-electron chi connectivity index (χ3n) is 3.96. The Labute approximate surface area is 147 Å². The van der Waals surface area contributed by atoms with Gasteiger partial charge in [-0.15, -0.1) is 0 Å². The van der Waals surface area contributed by atoms with Gasteiger partial charge in [-0.05, 0) is 30.2 Å². The molecule has 5 heteroatoms. The first-order chi connectivity index (χ1) is 12.0. The van der Waals surface area contributed by atoms with E-state index in [1.807, 2.05) is 37.3 Å². The summed E-state index contributed by atoms with van der Waals surface area (Å²) >= 11 is 0. The van der Waals surface area contributed by atoms with Gasteiger partial charge in [0.2, 0.25) is 11.8 Å². The minimum atomic E-state index is -0.382. The minimum absolute atomic E-state index is 0.0886. The Morgan fingerprint density at radius 1 is 1.12 bits per heavy atom. The van der Waals surface area contributed by atoms with Crippen molar-refractivity contribution in [2.45, 2.75) is 32.9 Å². The highest BCUT2D eigenvalue weighted by atomic mass is 19.1. The van der Waals surface area contributed by atoms with Gasteiger partial charge in [0.05, 0.1) is 12.5 Å². The lowest BCUT2D eigenvalue weighted by atomic mass is 10.0. The molecule has 1 N–H and O–H groups in total. The number of hydrogen-bond acceptors (Lipinski definition) is 2. The van der Waals surface area contributed by atoms with Crippen molar-refractivity contribution >= 4 is 11.8 Å². The van der Waals surface area contributed by atoms with Crippen LogP contribution < -0.4 is 5.32 Å². The zero-order valence-electron chi connectivity index (χ0n) is 14.5. The standard InChI is InChI=1S/C20H23FN2O2/c1-3-23(14-16-8-7-11-18(21)12-16)20(25)13-19(22-15(2)24)17-9-5-4-6-10-17/h4-12,19H,3,13-14H2,1-2H3,(H,22,24). The topological polar surface area (TPSA) is 49.4 Å². The van der Waals surface area contributed by atoms with Crippen LogP contribution in [0.1, 0.15) is 37.4 Å². The predicted octanol–water partition coefficient (Wildman–Crippen LogP) is 3.44. The zero-order valence-corrected chi connectivity index (χ0v) is 14.5. The molecule has 132 valence electrons. The number of rotatable bonds is 7. The first kappa shape index (κ1) is 18.6. The Hall–Kier alpha value is -2.69. The van der Waals surface area contributed by atoms with Crippen LogP contribution in [0, 0.1) is 5.82 Å². The molecule has 4 nitrogen and oxygen atoms in total. The highest BCUT2D eigenvalue weighted by Gasteiger charge is 2.20. The molecule has 0 saturated heterocycles. The van der Waals surface area contributed by atoms with Gasteiger partial charge in [-0.1, -0.05) is 42.5 Å². The van der Waals surface area contributed by atoms with Gasteiger partial charge in [-0.3, -0.25) is 9.59 Å². The van der Waals surface area contributed by atoms with Crippen molar-refractivity contribution in [1.82, 2.24) is 10.2 Å². The number of nitrogens with one attached hydrogen (secondary N) is 1. The fourth-order valence-electron chi connectivity index (χ4n) is 2.72. The van der Waals surface area contributed by atoms with E-state index < -0.39 is 0 Å². The lowest BCUT2D eigenvalue weighted by Gasteiger charge is -2.25. The molecule has 0 aliphatic rings. The van der Waals surface area contributed by atoms with Crippen LogP contribution in [0.25, 0.3) is 0 Å². The van der Waals surface area contributed by atoms with E-state index in [1.54, 1.807) is 17.0 Å². The van der Waals surface area contributed by atoms with Crippen molar-refractivity contribution < 1.29 is 14.0 Å². The summed E-state index contributed by atoms with van der Waals surface area (Å²) in [6.07, 6.45) is 0.159. The molecule has 0 aliphatic carbocycles. The molecule has 0 bridgehead atoms. The molecular formula is C20H23FN2O2. The summed E-state index contributed by atoms with van der Waals surface area (Å²) in [5.41, 5.74) is 1.62. The van der Waals surface area contributed by atoms with E-state index in [0.29, 0.717) is 13.1 Å². The van der Waals surface area contributed by atoms with Gasteiger partial charge in [0, 0.05) is 20.0 Å². The lowest BCUT2D eigenvalue weighted by Crippen LogP contribution is -2.35. The van der Waals surface area contributed by atoms with Crippen molar-refractivity contribution in [2.24, 2.45) is 0 Å². The maximum absolute atomic E-state index is 13.3. The van der Waals surface area contributed by atoms with Crippen LogP contribution in [0.2, 0.25) is 0 Å². The van der Waals surface area contributed by atoms with Gasteiger partial charge in [0.1, 0.15) is 5.82 Å². The van der Waals surface area contributed by atoms with Crippen LogP contribution in [0.5, 0.6) is 0 Å². The summed E-state index contributed by atoms with van der Waals surface area (Å²) in [4.78, 5) is 25.9. The van der Waals surface area contributed by atoms with Crippen molar-refractivity contribution in [2.75, 3.05) is 6.54 Å². The Morgan fingerprint density at radius 3 is 2.44 bits per heavy atom. The van der Waals surface area contributed by atoms with Gasteiger partial charge in [0.15, 0.2) is 0 Å². The molecule has 0 aliphatic heterocycles. The fraction of sp³-hybridized carbons (Fsp3) is 0.300. The molecule has 0 radical (unpaired) electrons. The Kier molecular flexibility index (Phi) is 6.69. The molecule has 0 fully saturated rings. The van der Waals surface area contributed by atoms with E-state index in [2.05, 4.69) is 5.32 Å². The molecule has 25 heavy (non-hydrogen) atoms. The van der Waals surface area contributed by atoms with Crippen LogP contribution in [0.3, 0.4) is 0 Å². The van der Waals surface area contributed by atoms with E-state index in [9.17, 15) is 14.0 Å². The molecule has 0 heterocycles. The van der Waals surface area contributed by atoms with Crippen molar-refractivity contribution in [3.05, 3.63) is 71.5 Å². The number of amides is 2. The Morgan fingerprint density at radius 2 is 1.84 bits per heavy atom. The summed E-state index contributed by atoms with van der Waals surface area (Å²) in [6, 6.07) is 15.3. The van der Waals surface area contributed by atoms with Crippen LogP contribution >= 0.6 is 0 Å². The van der Waals surface area contributed by atoms with Crippen molar-refractivity contribution in [1.29, 1.82) is 0 Å². The van der Waals surface area contributed by atoms with E-state index in [-0.39, 0.29) is 30.1 Å². The Balaban J connectivity index is 2.10. The van der Waals surface area contributed by atoms with Crippen LogP contribution in [0.4, 0.5) is 4.39 Å². The molecule has 0 spiro atoms. The number of hydrogen-bond donors (Lipinski definition) is 1. The highest BCUT2D eigenvalue weighted by Crippen LogP contribution is 2.19. The molecule has 2 amide bonds. The van der Waals surface area contributed by atoms with Gasteiger partial charge in [-0.2, -0.15) is 0 Å². The quantitative estimate of drug-likeness (QED) is 0.838. The van der Waals surface area contributed by atoms with Gasteiger partial charge in [0.25, 0.3) is 0 Å². The predicted molar refractivity (Wildman–Crippen MR) is 95.1 cm³/mol. The van der Waals surface area contributed by atoms with E-state index in [1.165, 1.54) is 19.1 Å². The van der Waals surface area contributed by atoms with Crippen molar-refractivity contribution in [3.63, 3.8) is 0 Å². The molecule has 2 rings (SSSR count). The zero-order chi connectivity index (χ0) is 18.2. The third kappa shape index (κ3) is 5.71. The SMILES string of the molecule is CCN(Cc1cccc(F)c1)C(=O)CC(NC(C)=O)c1ccccc1. The number of benzene rings is 2. The molecule has 1 unspecified atom stereocenters. The smallest absolute Gasteiger partial charge is 0.225 e. The summed E-state index contributed by atoms with van der Waals surface area (Å²) < 4.78 is 13.3. The maximum Gasteiger partial charge on any atom is 0.225 e. The maximum atomic E-state index is 13.3. The summed E-state index contributed by atoms with van der Waals surface area (Å²) in [7, 11) is 0. The second kappa shape index (κ2) is 8.97. The molecule has 0 saturated carbocycles. The summed E-state index contributed by atoms with van der Waals surface area (Å²) in [6.45, 7) is 4.17. The molecule has 2 aromatic rings. The monoisotopic (exact) mass is 342 g/mol. The van der Waals surface area contributed by atoms with Gasteiger partial charge < -0.3 is 10.2 Å². The van der Waals surface area contributed by atoms with Crippen molar-refractivity contribution in [3.8, 4) is 0 Å². The third-order valence-corrected chi connectivity index (χ3v) is 3.96. The average molecular weight is 342 g/mol. The largest absolute Gasteiger partial charge is 0.349 e. The van der Waals surface area contributed by atoms with Crippen LogP contribution in [-0.2, 0) is 16.1 Å². The van der Waals surface area contributed by atoms with E-state index in [4.69, 9.17) is 0 Å². The highest BCUT2D eigenvalue weighted by molar-refractivity contribution is 5.79. The molecule has 1 atom stereocenters. The number of carbonyl (C=O) groups excluding carboxylic acids is 2.